The van der Waals surface area contributed by atoms with Gasteiger partial charge in [0.2, 0.25) is 5.91 Å². The van der Waals surface area contributed by atoms with E-state index in [2.05, 4.69) is 15.0 Å². The standard InChI is InChI=1S/C21H35N5O4S/c1-7-10-26(20(28)18(24-25-22)14(6)8-2)16(13(4)5)11-17(27)19-23-15(12-31-19)21(29)30-9-3/h12-14,16-18,27H,7-11H2,1-6H3/t14?,16?,17-,18+/m1/s1. The maximum Gasteiger partial charge on any atom is 0.357 e. The maximum atomic E-state index is 13.4. The topological polar surface area (TPSA) is 128 Å². The maximum absolute atomic E-state index is 13.4. The number of aliphatic hydroxyl groups is 1. The Morgan fingerprint density at radius 2 is 2.00 bits per heavy atom. The molecule has 0 bridgehead atoms. The van der Waals surface area contributed by atoms with E-state index >= 15 is 0 Å². The van der Waals surface area contributed by atoms with Gasteiger partial charge in [-0.15, -0.1) is 11.3 Å². The largest absolute Gasteiger partial charge is 0.461 e. The van der Waals surface area contributed by atoms with E-state index in [0.29, 0.717) is 18.0 Å². The summed E-state index contributed by atoms with van der Waals surface area (Å²) >= 11 is 1.19. The lowest BCUT2D eigenvalue weighted by Crippen LogP contribution is -2.49. The van der Waals surface area contributed by atoms with Gasteiger partial charge in [-0.05, 0) is 30.7 Å². The van der Waals surface area contributed by atoms with Gasteiger partial charge >= 0.3 is 5.97 Å². The molecule has 1 aromatic heterocycles. The van der Waals surface area contributed by atoms with Crippen molar-refractivity contribution in [2.24, 2.45) is 17.0 Å². The van der Waals surface area contributed by atoms with Crippen LogP contribution in [0.2, 0.25) is 0 Å². The third-order valence-corrected chi connectivity index (χ3v) is 6.23. The zero-order chi connectivity index (χ0) is 23.6. The predicted molar refractivity (Wildman–Crippen MR) is 121 cm³/mol. The number of esters is 1. The van der Waals surface area contributed by atoms with E-state index in [1.165, 1.54) is 11.3 Å². The molecule has 1 amide bonds. The number of amides is 1. The fraction of sp³-hybridized carbons (Fsp3) is 0.762. The number of nitrogens with zero attached hydrogens (tertiary/aromatic N) is 5. The molecule has 9 nitrogen and oxygen atoms in total. The highest BCUT2D eigenvalue weighted by Crippen LogP contribution is 2.29. The van der Waals surface area contributed by atoms with E-state index in [1.54, 1.807) is 17.2 Å². The first kappa shape index (κ1) is 26.9. The average molecular weight is 454 g/mol. The van der Waals surface area contributed by atoms with E-state index in [1.807, 2.05) is 34.6 Å². The second-order valence-electron chi connectivity index (χ2n) is 7.92. The Kier molecular flexibility index (Phi) is 11.5. The smallest absolute Gasteiger partial charge is 0.357 e. The molecule has 0 aromatic carbocycles. The summed E-state index contributed by atoms with van der Waals surface area (Å²) in [6, 6.07) is -1.06. The highest BCUT2D eigenvalue weighted by atomic mass is 32.1. The third-order valence-electron chi connectivity index (χ3n) is 5.29. The fourth-order valence-corrected chi connectivity index (χ4v) is 4.15. The molecule has 0 aliphatic rings. The lowest BCUT2D eigenvalue weighted by Gasteiger charge is -2.37. The molecular formula is C21H35N5O4S. The van der Waals surface area contributed by atoms with Crippen LogP contribution in [0, 0.1) is 11.8 Å². The highest BCUT2D eigenvalue weighted by molar-refractivity contribution is 7.09. The second-order valence-corrected chi connectivity index (χ2v) is 8.81. The molecule has 0 aliphatic heterocycles. The summed E-state index contributed by atoms with van der Waals surface area (Å²) in [5, 5.41) is 16.6. The van der Waals surface area contributed by atoms with Crippen molar-refractivity contribution < 1.29 is 19.4 Å². The van der Waals surface area contributed by atoms with Gasteiger partial charge in [-0.1, -0.05) is 46.2 Å². The average Bonchev–Trinajstić information content (AvgIpc) is 3.24. The van der Waals surface area contributed by atoms with Crippen LogP contribution < -0.4 is 0 Å². The Balaban J connectivity index is 3.13. The Hall–Kier alpha value is -2.16. The molecule has 0 saturated heterocycles. The van der Waals surface area contributed by atoms with Crippen LogP contribution in [0.1, 0.15) is 82.4 Å². The molecule has 1 heterocycles. The lowest BCUT2D eigenvalue weighted by atomic mass is 9.93. The molecule has 31 heavy (non-hydrogen) atoms. The van der Waals surface area contributed by atoms with Crippen LogP contribution in [0.15, 0.2) is 10.5 Å². The predicted octanol–water partition coefficient (Wildman–Crippen LogP) is 4.73. The molecule has 0 aliphatic carbocycles. The number of ether oxygens (including phenoxy) is 1. The van der Waals surface area contributed by atoms with Gasteiger partial charge in [-0.2, -0.15) is 0 Å². The van der Waals surface area contributed by atoms with Gasteiger partial charge in [-0.25, -0.2) is 9.78 Å². The van der Waals surface area contributed by atoms with Crippen LogP contribution in [-0.4, -0.2) is 52.1 Å². The highest BCUT2D eigenvalue weighted by Gasteiger charge is 2.34. The van der Waals surface area contributed by atoms with Crippen molar-refractivity contribution in [3.05, 3.63) is 26.5 Å². The summed E-state index contributed by atoms with van der Waals surface area (Å²) in [6.07, 6.45) is 0.774. The van der Waals surface area contributed by atoms with Crippen molar-refractivity contribution in [1.82, 2.24) is 9.88 Å². The Morgan fingerprint density at radius 3 is 2.52 bits per heavy atom. The fourth-order valence-electron chi connectivity index (χ4n) is 3.36. The number of thiazole rings is 1. The van der Waals surface area contributed by atoms with E-state index in [-0.39, 0.29) is 42.5 Å². The number of aromatic nitrogens is 1. The summed E-state index contributed by atoms with van der Waals surface area (Å²) in [4.78, 5) is 34.1. The quantitative estimate of drug-likeness (QED) is 0.200. The van der Waals surface area contributed by atoms with E-state index < -0.39 is 18.1 Å². The number of aliphatic hydroxyl groups excluding tert-OH is 1. The van der Waals surface area contributed by atoms with Gasteiger partial charge in [0, 0.05) is 29.3 Å². The first-order chi connectivity index (χ1) is 14.7. The molecule has 1 rings (SSSR count). The number of azide groups is 1. The van der Waals surface area contributed by atoms with Crippen LogP contribution >= 0.6 is 11.3 Å². The Morgan fingerprint density at radius 1 is 1.32 bits per heavy atom. The normalized spacial score (nSPS) is 15.0. The molecule has 2 unspecified atom stereocenters. The minimum atomic E-state index is -0.936. The van der Waals surface area contributed by atoms with Crippen LogP contribution in [0.4, 0.5) is 0 Å². The number of rotatable bonds is 13. The van der Waals surface area contributed by atoms with E-state index in [9.17, 15) is 14.7 Å². The summed E-state index contributed by atoms with van der Waals surface area (Å²) in [7, 11) is 0. The van der Waals surface area contributed by atoms with Crippen molar-refractivity contribution in [3.63, 3.8) is 0 Å². The molecule has 0 fully saturated rings. The zero-order valence-electron chi connectivity index (χ0n) is 19.3. The monoisotopic (exact) mass is 453 g/mol. The molecular weight excluding hydrogens is 418 g/mol. The van der Waals surface area contributed by atoms with Crippen LogP contribution in [0.3, 0.4) is 0 Å². The first-order valence-electron chi connectivity index (χ1n) is 10.9. The minimum absolute atomic E-state index is 0.0540. The molecule has 4 atom stereocenters. The summed E-state index contributed by atoms with van der Waals surface area (Å²) in [5.74, 6) is -0.776. The van der Waals surface area contributed by atoms with Gasteiger partial charge in [0.15, 0.2) is 5.69 Å². The first-order valence-corrected chi connectivity index (χ1v) is 11.7. The summed E-state index contributed by atoms with van der Waals surface area (Å²) < 4.78 is 4.96. The van der Waals surface area contributed by atoms with Gasteiger partial charge in [0.25, 0.3) is 0 Å². The van der Waals surface area contributed by atoms with Crippen molar-refractivity contribution in [1.29, 1.82) is 0 Å². The van der Waals surface area contributed by atoms with E-state index in [0.717, 1.165) is 6.42 Å². The molecule has 1 N–H and O–H groups in total. The number of hydrogen-bond acceptors (Lipinski definition) is 7. The van der Waals surface area contributed by atoms with Crippen molar-refractivity contribution >= 4 is 23.2 Å². The Bertz CT molecular complexity index is 763. The second kappa shape index (κ2) is 13.3. The number of carbonyl (C=O) groups is 2. The van der Waals surface area contributed by atoms with Gasteiger partial charge < -0.3 is 14.7 Å². The summed E-state index contributed by atoms with van der Waals surface area (Å²) in [6.45, 7) is 12.3. The molecule has 10 heteroatoms. The van der Waals surface area contributed by atoms with Crippen molar-refractivity contribution in [2.45, 2.75) is 79.0 Å². The Labute approximate surface area is 188 Å². The van der Waals surface area contributed by atoms with Crippen LogP contribution in [0.5, 0.6) is 0 Å². The molecule has 0 saturated carbocycles. The van der Waals surface area contributed by atoms with Crippen LogP contribution in [-0.2, 0) is 9.53 Å². The number of hydrogen-bond donors (Lipinski definition) is 1. The van der Waals surface area contributed by atoms with Gasteiger partial charge in [0.05, 0.1) is 6.61 Å². The molecule has 1 aromatic rings. The zero-order valence-corrected chi connectivity index (χ0v) is 20.1. The van der Waals surface area contributed by atoms with Crippen molar-refractivity contribution in [2.75, 3.05) is 13.2 Å². The molecule has 0 spiro atoms. The minimum Gasteiger partial charge on any atom is -0.461 e. The van der Waals surface area contributed by atoms with Crippen LogP contribution in [0.25, 0.3) is 10.4 Å². The SMILES string of the molecule is CCCN(C(=O)[C@@H](N=[N+]=[N-])C(C)CC)C(C[C@@H](O)c1nc(C(=O)OCC)cs1)C(C)C. The molecule has 174 valence electrons. The van der Waals surface area contributed by atoms with Crippen molar-refractivity contribution in [3.8, 4) is 0 Å². The van der Waals surface area contributed by atoms with E-state index in [4.69, 9.17) is 10.3 Å². The third kappa shape index (κ3) is 7.48. The van der Waals surface area contributed by atoms with Gasteiger partial charge in [0.1, 0.15) is 17.2 Å². The van der Waals surface area contributed by atoms with Gasteiger partial charge in [-0.3, -0.25) is 4.79 Å². The molecule has 0 radical (unpaired) electrons. The number of carbonyl (C=O) groups excluding carboxylic acids is 2. The lowest BCUT2D eigenvalue weighted by molar-refractivity contribution is -0.138. The summed E-state index contributed by atoms with van der Waals surface area (Å²) in [5.41, 5.74) is 9.14.